The van der Waals surface area contributed by atoms with E-state index in [9.17, 15) is 4.79 Å². The first kappa shape index (κ1) is 18.9. The molecule has 1 N–H and O–H groups in total. The van der Waals surface area contributed by atoms with Gasteiger partial charge in [0.05, 0.1) is 5.69 Å². The van der Waals surface area contributed by atoms with Crippen molar-refractivity contribution in [3.63, 3.8) is 0 Å². The Bertz CT molecular complexity index is 731. The molecule has 0 unspecified atom stereocenters. The van der Waals surface area contributed by atoms with Crippen molar-refractivity contribution < 1.29 is 9.53 Å². The topological polar surface area (TPSA) is 54.5 Å². The molecule has 6 heteroatoms. The van der Waals surface area contributed by atoms with Crippen LogP contribution in [0.1, 0.15) is 31.0 Å². The molecule has 0 radical (unpaired) electrons. The highest BCUT2D eigenvalue weighted by atomic mass is 79.9. The van der Waals surface area contributed by atoms with E-state index >= 15 is 0 Å². The molecule has 0 spiro atoms. The number of likely N-dealkylation sites (tertiary alicyclic amines) is 1. The Kier molecular flexibility index (Phi) is 6.63. The van der Waals surface area contributed by atoms with E-state index in [0.717, 1.165) is 54.0 Å². The van der Waals surface area contributed by atoms with E-state index in [4.69, 9.17) is 4.74 Å². The Morgan fingerprint density at radius 2 is 2.12 bits per heavy atom. The monoisotopic (exact) mass is 417 g/mol. The SMILES string of the molecule is CC(=O)N1CCC(NCc2cc(Br)ccc2OCc2ccccn2)CC1. The van der Waals surface area contributed by atoms with Crippen molar-refractivity contribution in [2.75, 3.05) is 13.1 Å². The number of benzene rings is 1. The van der Waals surface area contributed by atoms with Crippen LogP contribution in [0.2, 0.25) is 0 Å². The summed E-state index contributed by atoms with van der Waals surface area (Å²) in [5.74, 6) is 1.04. The molecule has 138 valence electrons. The molecule has 1 aromatic carbocycles. The number of nitrogens with zero attached hydrogens (tertiary/aromatic N) is 2. The molecule has 0 saturated carbocycles. The number of pyridine rings is 1. The summed E-state index contributed by atoms with van der Waals surface area (Å²) >= 11 is 3.54. The molecule has 5 nitrogen and oxygen atoms in total. The summed E-state index contributed by atoms with van der Waals surface area (Å²) in [4.78, 5) is 17.6. The van der Waals surface area contributed by atoms with Crippen LogP contribution in [0, 0.1) is 0 Å². The number of piperidine rings is 1. The van der Waals surface area contributed by atoms with Crippen LogP contribution in [0.3, 0.4) is 0 Å². The summed E-state index contributed by atoms with van der Waals surface area (Å²) in [6, 6.07) is 12.3. The largest absolute Gasteiger partial charge is 0.487 e. The van der Waals surface area contributed by atoms with E-state index in [1.165, 1.54) is 0 Å². The summed E-state index contributed by atoms with van der Waals surface area (Å²) in [6.45, 7) is 4.48. The van der Waals surface area contributed by atoms with Crippen LogP contribution in [0.15, 0.2) is 47.1 Å². The summed E-state index contributed by atoms with van der Waals surface area (Å²) in [7, 11) is 0. The minimum absolute atomic E-state index is 0.167. The van der Waals surface area contributed by atoms with E-state index in [1.807, 2.05) is 35.2 Å². The number of ether oxygens (including phenoxy) is 1. The van der Waals surface area contributed by atoms with E-state index in [2.05, 4.69) is 32.3 Å². The molecule has 1 saturated heterocycles. The van der Waals surface area contributed by atoms with Crippen molar-refractivity contribution in [1.82, 2.24) is 15.2 Å². The van der Waals surface area contributed by atoms with Crippen LogP contribution in [0.25, 0.3) is 0 Å². The fourth-order valence-electron chi connectivity index (χ4n) is 3.11. The van der Waals surface area contributed by atoms with Gasteiger partial charge in [-0.3, -0.25) is 9.78 Å². The lowest BCUT2D eigenvalue weighted by atomic mass is 10.0. The molecule has 1 fully saturated rings. The van der Waals surface area contributed by atoms with Gasteiger partial charge >= 0.3 is 0 Å². The molecule has 1 aromatic heterocycles. The summed E-state index contributed by atoms with van der Waals surface area (Å²) < 4.78 is 7.02. The Hall–Kier alpha value is -1.92. The first-order valence-electron chi connectivity index (χ1n) is 8.92. The number of hydrogen-bond acceptors (Lipinski definition) is 4. The molecule has 0 aliphatic carbocycles. The fourth-order valence-corrected chi connectivity index (χ4v) is 3.52. The Balaban J connectivity index is 1.57. The highest BCUT2D eigenvalue weighted by Crippen LogP contribution is 2.24. The normalized spacial score (nSPS) is 15.1. The van der Waals surface area contributed by atoms with Gasteiger partial charge in [-0.1, -0.05) is 22.0 Å². The number of nitrogens with one attached hydrogen (secondary N) is 1. The van der Waals surface area contributed by atoms with Crippen LogP contribution < -0.4 is 10.1 Å². The molecule has 1 amide bonds. The number of carbonyl (C=O) groups excluding carboxylic acids is 1. The van der Waals surface area contributed by atoms with Gasteiger partial charge in [-0.15, -0.1) is 0 Å². The predicted octanol–water partition coefficient (Wildman–Crippen LogP) is 3.52. The predicted molar refractivity (Wildman–Crippen MR) is 105 cm³/mol. The highest BCUT2D eigenvalue weighted by Gasteiger charge is 2.20. The second-order valence-corrected chi connectivity index (χ2v) is 7.44. The average Bonchev–Trinajstić information content (AvgIpc) is 2.66. The summed E-state index contributed by atoms with van der Waals surface area (Å²) in [6.07, 6.45) is 3.74. The standard InChI is InChI=1S/C20H24BrN3O2/c1-15(25)24-10-7-18(8-11-24)23-13-16-12-17(21)5-6-20(16)26-14-19-4-2-3-9-22-19/h2-6,9,12,18,23H,7-8,10-11,13-14H2,1H3. The Morgan fingerprint density at radius 1 is 1.31 bits per heavy atom. The lowest BCUT2D eigenvalue weighted by Gasteiger charge is -2.32. The van der Waals surface area contributed by atoms with Crippen LogP contribution in [0.4, 0.5) is 0 Å². The van der Waals surface area contributed by atoms with E-state index in [0.29, 0.717) is 12.6 Å². The molecule has 0 atom stereocenters. The number of carbonyl (C=O) groups is 1. The molecule has 2 aromatic rings. The number of hydrogen-bond donors (Lipinski definition) is 1. The molecular formula is C20H24BrN3O2. The highest BCUT2D eigenvalue weighted by molar-refractivity contribution is 9.10. The molecular weight excluding hydrogens is 394 g/mol. The average molecular weight is 418 g/mol. The van der Waals surface area contributed by atoms with Gasteiger partial charge in [-0.25, -0.2) is 0 Å². The van der Waals surface area contributed by atoms with Crippen LogP contribution in [-0.2, 0) is 17.9 Å². The van der Waals surface area contributed by atoms with Crippen molar-refractivity contribution in [3.8, 4) is 5.75 Å². The molecule has 2 heterocycles. The van der Waals surface area contributed by atoms with Crippen molar-refractivity contribution >= 4 is 21.8 Å². The second-order valence-electron chi connectivity index (χ2n) is 6.52. The maximum Gasteiger partial charge on any atom is 0.219 e. The number of aromatic nitrogens is 1. The molecule has 26 heavy (non-hydrogen) atoms. The quantitative estimate of drug-likeness (QED) is 0.780. The van der Waals surface area contributed by atoms with Crippen molar-refractivity contribution in [1.29, 1.82) is 0 Å². The zero-order valence-electron chi connectivity index (χ0n) is 15.0. The second kappa shape index (κ2) is 9.14. The Labute approximate surface area is 162 Å². The maximum absolute atomic E-state index is 11.4. The third-order valence-electron chi connectivity index (χ3n) is 4.65. The first-order chi connectivity index (χ1) is 12.6. The lowest BCUT2D eigenvalue weighted by molar-refractivity contribution is -0.129. The van der Waals surface area contributed by atoms with Gasteiger partial charge in [-0.2, -0.15) is 0 Å². The third-order valence-corrected chi connectivity index (χ3v) is 5.14. The van der Waals surface area contributed by atoms with E-state index in [1.54, 1.807) is 13.1 Å². The van der Waals surface area contributed by atoms with Gasteiger partial charge < -0.3 is 15.0 Å². The van der Waals surface area contributed by atoms with Gasteiger partial charge in [0, 0.05) is 48.8 Å². The van der Waals surface area contributed by atoms with Gasteiger partial charge in [0.25, 0.3) is 0 Å². The minimum Gasteiger partial charge on any atom is -0.487 e. The minimum atomic E-state index is 0.167. The van der Waals surface area contributed by atoms with Crippen LogP contribution >= 0.6 is 15.9 Å². The van der Waals surface area contributed by atoms with E-state index < -0.39 is 0 Å². The fraction of sp³-hybridized carbons (Fsp3) is 0.400. The van der Waals surface area contributed by atoms with Gasteiger partial charge in [-0.05, 0) is 43.2 Å². The lowest BCUT2D eigenvalue weighted by Crippen LogP contribution is -2.43. The number of amides is 1. The smallest absolute Gasteiger partial charge is 0.219 e. The van der Waals surface area contributed by atoms with Crippen molar-refractivity contribution in [3.05, 3.63) is 58.3 Å². The zero-order chi connectivity index (χ0) is 18.4. The van der Waals surface area contributed by atoms with Gasteiger partial charge in [0.2, 0.25) is 5.91 Å². The van der Waals surface area contributed by atoms with Gasteiger partial charge in [0.15, 0.2) is 0 Å². The molecule has 0 bridgehead atoms. The summed E-state index contributed by atoms with van der Waals surface area (Å²) in [5, 5.41) is 3.61. The van der Waals surface area contributed by atoms with Crippen molar-refractivity contribution in [2.24, 2.45) is 0 Å². The van der Waals surface area contributed by atoms with Gasteiger partial charge in [0.1, 0.15) is 12.4 Å². The van der Waals surface area contributed by atoms with Crippen molar-refractivity contribution in [2.45, 2.75) is 39.0 Å². The maximum atomic E-state index is 11.4. The van der Waals surface area contributed by atoms with E-state index in [-0.39, 0.29) is 5.91 Å². The van der Waals surface area contributed by atoms with Crippen LogP contribution in [-0.4, -0.2) is 34.9 Å². The molecule has 3 rings (SSSR count). The van der Waals surface area contributed by atoms with Crippen LogP contribution in [0.5, 0.6) is 5.75 Å². The third kappa shape index (κ3) is 5.29. The molecule has 1 aliphatic heterocycles. The zero-order valence-corrected chi connectivity index (χ0v) is 16.5. The number of rotatable bonds is 6. The first-order valence-corrected chi connectivity index (χ1v) is 9.71. The molecule has 1 aliphatic rings. The summed E-state index contributed by atoms with van der Waals surface area (Å²) in [5.41, 5.74) is 2.02. The number of halogens is 1. The Morgan fingerprint density at radius 3 is 2.81 bits per heavy atom.